The molecular weight excluding hydrogens is 469 g/mol. The van der Waals surface area contributed by atoms with E-state index in [1.54, 1.807) is 6.92 Å². The summed E-state index contributed by atoms with van der Waals surface area (Å²) in [7, 11) is -6.44. The number of hydrogen-bond donors (Lipinski definition) is 3. The van der Waals surface area contributed by atoms with Gasteiger partial charge in [0.25, 0.3) is 10.1 Å². The maximum atomic E-state index is 14.0. The number of halogens is 7. The van der Waals surface area contributed by atoms with Crippen molar-refractivity contribution in [2.75, 3.05) is 0 Å². The van der Waals surface area contributed by atoms with E-state index in [1.807, 2.05) is 0 Å². The first-order valence-corrected chi connectivity index (χ1v) is 10.4. The lowest BCUT2D eigenvalue weighted by Crippen LogP contribution is -2.62. The van der Waals surface area contributed by atoms with Crippen LogP contribution in [0.25, 0.3) is 0 Å². The zero-order valence-electron chi connectivity index (χ0n) is 16.4. The molecule has 0 aromatic rings. The van der Waals surface area contributed by atoms with Crippen LogP contribution in [-0.4, -0.2) is 57.9 Å². The minimum Gasteiger partial charge on any atom is -0.481 e. The summed E-state index contributed by atoms with van der Waals surface area (Å²) in [6, 6.07) is 0. The lowest BCUT2D eigenvalue weighted by atomic mass is 9.77. The first-order valence-electron chi connectivity index (χ1n) is 8.98. The van der Waals surface area contributed by atoms with E-state index >= 15 is 0 Å². The Morgan fingerprint density at radius 2 is 1.45 bits per heavy atom. The lowest BCUT2D eigenvalue weighted by molar-refractivity contribution is -0.357. The second-order valence-electron chi connectivity index (χ2n) is 7.17. The van der Waals surface area contributed by atoms with Crippen LogP contribution in [-0.2, 0) is 19.7 Å². The predicted molar refractivity (Wildman–Crippen MR) is 91.5 cm³/mol. The highest BCUT2D eigenvalue weighted by Gasteiger charge is 2.77. The molecule has 0 aromatic heterocycles. The Hall–Kier alpha value is -1.64. The van der Waals surface area contributed by atoms with Crippen molar-refractivity contribution in [2.45, 2.75) is 75.1 Å². The summed E-state index contributed by atoms with van der Waals surface area (Å²) in [5.41, 5.74) is 0. The van der Waals surface area contributed by atoms with Gasteiger partial charge in [-0.05, 0) is 12.3 Å². The molecule has 0 aliphatic heterocycles. The van der Waals surface area contributed by atoms with Crippen LogP contribution in [0.1, 0.15) is 52.4 Å². The Kier molecular flexibility index (Phi) is 9.36. The standard InChI is InChI=1S/C16H23F7O7S/c1-3-5-6-9(4-2)7-10(11(24)25)13(12(26)27,31(28,29)30)8-14(17,18)15(19,20)16(21,22)23/h9-10H,3-8H2,1-2H3,(H,24,25)(H,26,27)(H,28,29,30). The van der Waals surface area contributed by atoms with Crippen LogP contribution in [0, 0.1) is 11.8 Å². The van der Waals surface area contributed by atoms with E-state index in [0.717, 1.165) is 0 Å². The Balaban J connectivity index is 6.79. The van der Waals surface area contributed by atoms with E-state index in [0.29, 0.717) is 12.8 Å². The van der Waals surface area contributed by atoms with Gasteiger partial charge in [-0.25, -0.2) is 0 Å². The zero-order chi connectivity index (χ0) is 25.1. The van der Waals surface area contributed by atoms with Crippen LogP contribution in [0.4, 0.5) is 30.7 Å². The van der Waals surface area contributed by atoms with Crippen molar-refractivity contribution in [1.29, 1.82) is 0 Å². The number of alkyl halides is 7. The van der Waals surface area contributed by atoms with Crippen LogP contribution in [0.15, 0.2) is 0 Å². The van der Waals surface area contributed by atoms with Crippen LogP contribution in [0.3, 0.4) is 0 Å². The van der Waals surface area contributed by atoms with Gasteiger partial charge >= 0.3 is 30.0 Å². The van der Waals surface area contributed by atoms with Crippen molar-refractivity contribution in [3.8, 4) is 0 Å². The molecule has 0 rings (SSSR count). The fourth-order valence-electron chi connectivity index (χ4n) is 3.18. The Bertz CT molecular complexity index is 752. The van der Waals surface area contributed by atoms with E-state index in [9.17, 15) is 63.5 Å². The quantitative estimate of drug-likeness (QED) is 0.259. The van der Waals surface area contributed by atoms with Gasteiger partial charge in [0.1, 0.15) is 0 Å². The van der Waals surface area contributed by atoms with Crippen molar-refractivity contribution in [3.05, 3.63) is 0 Å². The summed E-state index contributed by atoms with van der Waals surface area (Å²) in [6.45, 7) is 3.17. The van der Waals surface area contributed by atoms with Gasteiger partial charge < -0.3 is 10.2 Å². The normalized spacial score (nSPS) is 17.6. The third kappa shape index (κ3) is 5.99. The number of rotatable bonds is 13. The Morgan fingerprint density at radius 3 is 1.74 bits per heavy atom. The van der Waals surface area contributed by atoms with E-state index < -0.39 is 69.5 Å². The predicted octanol–water partition coefficient (Wildman–Crippen LogP) is 4.23. The number of unbranched alkanes of at least 4 members (excludes halogenated alkanes) is 1. The molecular formula is C16H23F7O7S. The van der Waals surface area contributed by atoms with Crippen LogP contribution in [0.5, 0.6) is 0 Å². The molecule has 7 nitrogen and oxygen atoms in total. The van der Waals surface area contributed by atoms with Crippen molar-refractivity contribution in [1.82, 2.24) is 0 Å². The van der Waals surface area contributed by atoms with Crippen LogP contribution >= 0.6 is 0 Å². The van der Waals surface area contributed by atoms with Gasteiger partial charge in [0.2, 0.25) is 4.75 Å². The molecule has 0 amide bonds. The van der Waals surface area contributed by atoms with Crippen LogP contribution < -0.4 is 0 Å². The molecule has 184 valence electrons. The average Bonchev–Trinajstić information content (AvgIpc) is 2.57. The van der Waals surface area contributed by atoms with Gasteiger partial charge in [0.15, 0.2) is 0 Å². The molecule has 0 aromatic carbocycles. The van der Waals surface area contributed by atoms with Gasteiger partial charge in [0, 0.05) is 0 Å². The summed E-state index contributed by atoms with van der Waals surface area (Å²) in [5.74, 6) is -22.4. The van der Waals surface area contributed by atoms with Gasteiger partial charge in [0.05, 0.1) is 12.3 Å². The molecule has 3 atom stereocenters. The fraction of sp³-hybridized carbons (Fsp3) is 0.875. The molecule has 31 heavy (non-hydrogen) atoms. The van der Waals surface area contributed by atoms with E-state index in [2.05, 4.69) is 0 Å². The molecule has 0 aliphatic carbocycles. The first-order chi connectivity index (χ1) is 13.7. The average molecular weight is 492 g/mol. The summed E-state index contributed by atoms with van der Waals surface area (Å²) in [6.07, 6.45) is -10.0. The van der Waals surface area contributed by atoms with Crippen molar-refractivity contribution >= 4 is 22.1 Å². The fourth-order valence-corrected chi connectivity index (χ4v) is 4.32. The molecule has 0 heterocycles. The molecule has 0 radical (unpaired) electrons. The number of hydrogen-bond acceptors (Lipinski definition) is 4. The van der Waals surface area contributed by atoms with E-state index in [-0.39, 0.29) is 12.8 Å². The van der Waals surface area contributed by atoms with Gasteiger partial charge in [-0.3, -0.25) is 14.1 Å². The number of aliphatic carboxylic acids is 2. The molecule has 0 bridgehead atoms. The SMILES string of the molecule is CCCCC(CC)CC(C(=O)O)C(CC(F)(F)C(F)(F)C(F)(F)F)(C(=O)O)S(=O)(=O)O. The summed E-state index contributed by atoms with van der Waals surface area (Å²) < 4.78 is 121. The molecule has 0 fully saturated rings. The van der Waals surface area contributed by atoms with Gasteiger partial charge in [-0.2, -0.15) is 39.2 Å². The summed E-state index contributed by atoms with van der Waals surface area (Å²) in [5, 5.41) is 18.7. The molecule has 3 N–H and O–H groups in total. The van der Waals surface area contributed by atoms with E-state index in [1.165, 1.54) is 6.92 Å². The largest absolute Gasteiger partial charge is 0.481 e. The lowest BCUT2D eigenvalue weighted by Gasteiger charge is -2.38. The zero-order valence-corrected chi connectivity index (χ0v) is 17.2. The molecule has 15 heteroatoms. The van der Waals surface area contributed by atoms with Gasteiger partial charge in [-0.15, -0.1) is 0 Å². The highest BCUT2D eigenvalue weighted by molar-refractivity contribution is 7.88. The molecule has 0 spiro atoms. The third-order valence-corrected chi connectivity index (χ3v) is 6.62. The second kappa shape index (κ2) is 9.88. The summed E-state index contributed by atoms with van der Waals surface area (Å²) >= 11 is 0. The Morgan fingerprint density at radius 1 is 0.968 bits per heavy atom. The van der Waals surface area contributed by atoms with Crippen molar-refractivity contribution < 1.29 is 63.5 Å². The van der Waals surface area contributed by atoms with Gasteiger partial charge in [-0.1, -0.05) is 39.5 Å². The Labute approximate surface area is 173 Å². The number of carbonyl (C=O) groups is 2. The number of carboxylic acids is 2. The minimum absolute atomic E-state index is 0.0834. The highest BCUT2D eigenvalue weighted by Crippen LogP contribution is 2.52. The topological polar surface area (TPSA) is 129 Å². The third-order valence-electron chi connectivity index (χ3n) is 5.10. The second-order valence-corrected chi connectivity index (χ2v) is 8.84. The molecule has 3 unspecified atom stereocenters. The molecule has 0 aliphatic rings. The monoisotopic (exact) mass is 492 g/mol. The first kappa shape index (κ1) is 29.4. The maximum Gasteiger partial charge on any atom is 0.459 e. The van der Waals surface area contributed by atoms with Crippen molar-refractivity contribution in [3.63, 3.8) is 0 Å². The van der Waals surface area contributed by atoms with Crippen LogP contribution in [0.2, 0.25) is 0 Å². The van der Waals surface area contributed by atoms with Crippen molar-refractivity contribution in [2.24, 2.45) is 11.8 Å². The minimum atomic E-state index is -6.92. The van der Waals surface area contributed by atoms with E-state index in [4.69, 9.17) is 0 Å². The smallest absolute Gasteiger partial charge is 0.459 e. The number of carboxylic acid groups (broad SMARTS) is 2. The molecule has 0 saturated heterocycles. The highest BCUT2D eigenvalue weighted by atomic mass is 32.2. The summed E-state index contributed by atoms with van der Waals surface area (Å²) in [4.78, 5) is 23.4. The maximum absolute atomic E-state index is 14.0. The molecule has 0 saturated carbocycles.